The van der Waals surface area contributed by atoms with Gasteiger partial charge in [-0.05, 0) is 43.9 Å². The van der Waals surface area contributed by atoms with E-state index < -0.39 is 0 Å². The molecular weight excluding hydrogens is 356 g/mol. The van der Waals surface area contributed by atoms with Crippen molar-refractivity contribution in [2.24, 2.45) is 0 Å². The Kier molecular flexibility index (Phi) is 7.57. The van der Waals surface area contributed by atoms with Gasteiger partial charge in [0.25, 0.3) is 5.91 Å². The van der Waals surface area contributed by atoms with Crippen LogP contribution in [0, 0.1) is 0 Å². The summed E-state index contributed by atoms with van der Waals surface area (Å²) >= 11 is 0. The number of methoxy groups -OCH3 is 3. The molecule has 0 N–H and O–H groups in total. The average Bonchev–Trinajstić information content (AvgIpc) is 2.98. The van der Waals surface area contributed by atoms with Gasteiger partial charge in [0.1, 0.15) is 0 Å². The fourth-order valence-electron chi connectivity index (χ4n) is 4.40. The minimum Gasteiger partial charge on any atom is -0.493 e. The molecule has 6 heteroatoms. The van der Waals surface area contributed by atoms with E-state index in [-0.39, 0.29) is 11.9 Å². The summed E-state index contributed by atoms with van der Waals surface area (Å²) in [4.78, 5) is 18.0. The molecule has 2 heterocycles. The van der Waals surface area contributed by atoms with E-state index in [1.807, 2.05) is 12.1 Å². The van der Waals surface area contributed by atoms with Gasteiger partial charge in [-0.2, -0.15) is 0 Å². The summed E-state index contributed by atoms with van der Waals surface area (Å²) in [5.74, 6) is 1.34. The molecule has 0 bridgehead atoms. The van der Waals surface area contributed by atoms with Crippen molar-refractivity contribution in [2.45, 2.75) is 50.7 Å². The molecule has 0 spiro atoms. The Bertz CT molecular complexity index is 643. The van der Waals surface area contributed by atoms with Crippen LogP contribution in [0.1, 0.15) is 48.9 Å². The summed E-state index contributed by atoms with van der Waals surface area (Å²) in [6.07, 6.45) is 7.06. The van der Waals surface area contributed by atoms with Gasteiger partial charge in [-0.25, -0.2) is 0 Å². The number of piperidine rings is 1. The normalized spacial score (nSPS) is 22.0. The monoisotopic (exact) mass is 390 g/mol. The van der Waals surface area contributed by atoms with E-state index >= 15 is 0 Å². The van der Waals surface area contributed by atoms with Gasteiger partial charge in [-0.15, -0.1) is 0 Å². The predicted octanol–water partition coefficient (Wildman–Crippen LogP) is 3.20. The molecule has 156 valence electrons. The number of rotatable bonds is 6. The Morgan fingerprint density at radius 1 is 0.964 bits per heavy atom. The number of amides is 1. The number of nitrogens with zero attached hydrogens (tertiary/aromatic N) is 2. The predicted molar refractivity (Wildman–Crippen MR) is 109 cm³/mol. The van der Waals surface area contributed by atoms with Crippen molar-refractivity contribution in [3.05, 3.63) is 23.8 Å². The van der Waals surface area contributed by atoms with E-state index in [2.05, 4.69) is 9.80 Å². The zero-order valence-electron chi connectivity index (χ0n) is 17.5. The maximum Gasteiger partial charge on any atom is 0.254 e. The van der Waals surface area contributed by atoms with Gasteiger partial charge in [0.15, 0.2) is 11.5 Å². The Morgan fingerprint density at radius 2 is 1.71 bits per heavy atom. The molecule has 0 aliphatic carbocycles. The third kappa shape index (κ3) is 4.97. The van der Waals surface area contributed by atoms with Crippen molar-refractivity contribution < 1.29 is 19.0 Å². The van der Waals surface area contributed by atoms with E-state index in [1.54, 1.807) is 27.4 Å². The van der Waals surface area contributed by atoms with Gasteiger partial charge >= 0.3 is 0 Å². The number of hydrogen-bond donors (Lipinski definition) is 0. The summed E-state index contributed by atoms with van der Waals surface area (Å²) in [6.45, 7) is 3.88. The van der Waals surface area contributed by atoms with Gasteiger partial charge < -0.3 is 24.0 Å². The molecule has 1 aromatic carbocycles. The minimum atomic E-state index is 0.0969. The van der Waals surface area contributed by atoms with Crippen LogP contribution >= 0.6 is 0 Å². The third-order valence-corrected chi connectivity index (χ3v) is 6.11. The number of carbonyl (C=O) groups is 1. The van der Waals surface area contributed by atoms with E-state index in [0.29, 0.717) is 23.2 Å². The lowest BCUT2D eigenvalue weighted by Crippen LogP contribution is -2.49. The summed E-state index contributed by atoms with van der Waals surface area (Å²) in [5.41, 5.74) is 0.669. The minimum absolute atomic E-state index is 0.0969. The molecule has 0 aromatic heterocycles. The van der Waals surface area contributed by atoms with Crippen LogP contribution in [-0.2, 0) is 4.74 Å². The topological polar surface area (TPSA) is 51.2 Å². The van der Waals surface area contributed by atoms with Crippen LogP contribution in [0.2, 0.25) is 0 Å². The summed E-state index contributed by atoms with van der Waals surface area (Å²) < 4.78 is 16.2. The maximum atomic E-state index is 13.4. The van der Waals surface area contributed by atoms with Crippen LogP contribution in [0.4, 0.5) is 0 Å². The molecule has 1 aromatic rings. The summed E-state index contributed by atoms with van der Waals surface area (Å²) in [6, 6.07) is 5.72. The van der Waals surface area contributed by atoms with Crippen molar-refractivity contribution in [3.63, 3.8) is 0 Å². The lowest BCUT2D eigenvalue weighted by molar-refractivity contribution is 0.0291. The van der Waals surface area contributed by atoms with Crippen molar-refractivity contribution >= 4 is 5.91 Å². The van der Waals surface area contributed by atoms with Crippen LogP contribution in [0.15, 0.2) is 18.2 Å². The molecule has 1 unspecified atom stereocenters. The molecule has 28 heavy (non-hydrogen) atoms. The third-order valence-electron chi connectivity index (χ3n) is 6.11. The molecule has 3 rings (SSSR count). The Balaban J connectivity index is 1.72. The SMILES string of the molecule is COc1ccc(C(=O)N2CCCCCC2CN2CCC(OC)CC2)cc1OC. The first-order valence-electron chi connectivity index (χ1n) is 10.4. The van der Waals surface area contributed by atoms with Crippen LogP contribution < -0.4 is 9.47 Å². The lowest BCUT2D eigenvalue weighted by atomic mass is 10.0. The number of benzene rings is 1. The molecular formula is C22H34N2O4. The molecule has 2 aliphatic heterocycles. The van der Waals surface area contributed by atoms with Gasteiger partial charge in [-0.3, -0.25) is 4.79 Å². The van der Waals surface area contributed by atoms with Crippen molar-refractivity contribution in [1.29, 1.82) is 0 Å². The smallest absolute Gasteiger partial charge is 0.254 e. The highest BCUT2D eigenvalue weighted by atomic mass is 16.5. The number of likely N-dealkylation sites (tertiary alicyclic amines) is 2. The molecule has 0 radical (unpaired) electrons. The van der Waals surface area contributed by atoms with Crippen LogP contribution in [0.5, 0.6) is 11.5 Å². The van der Waals surface area contributed by atoms with Gasteiger partial charge in [0.05, 0.1) is 20.3 Å². The summed E-state index contributed by atoms with van der Waals surface area (Å²) in [5, 5.41) is 0. The zero-order valence-corrected chi connectivity index (χ0v) is 17.5. The van der Waals surface area contributed by atoms with Gasteiger partial charge in [0, 0.05) is 44.9 Å². The Labute approximate surface area is 168 Å². The first-order valence-corrected chi connectivity index (χ1v) is 10.4. The molecule has 1 atom stereocenters. The molecule has 2 aliphatic rings. The molecule has 6 nitrogen and oxygen atoms in total. The maximum absolute atomic E-state index is 13.4. The van der Waals surface area contributed by atoms with E-state index in [4.69, 9.17) is 14.2 Å². The second-order valence-corrected chi connectivity index (χ2v) is 7.81. The summed E-state index contributed by atoms with van der Waals surface area (Å²) in [7, 11) is 5.01. The number of ether oxygens (including phenoxy) is 3. The molecule has 0 saturated carbocycles. The molecule has 2 saturated heterocycles. The fourth-order valence-corrected chi connectivity index (χ4v) is 4.40. The highest BCUT2D eigenvalue weighted by Gasteiger charge is 2.29. The number of carbonyl (C=O) groups excluding carboxylic acids is 1. The van der Waals surface area contributed by atoms with Crippen LogP contribution in [-0.4, -0.2) is 75.4 Å². The highest BCUT2D eigenvalue weighted by Crippen LogP contribution is 2.29. The highest BCUT2D eigenvalue weighted by molar-refractivity contribution is 5.95. The quantitative estimate of drug-likeness (QED) is 0.747. The fraction of sp³-hybridized carbons (Fsp3) is 0.682. The van der Waals surface area contributed by atoms with Crippen molar-refractivity contribution in [1.82, 2.24) is 9.80 Å². The Hall–Kier alpha value is -1.79. The van der Waals surface area contributed by atoms with Crippen molar-refractivity contribution in [3.8, 4) is 11.5 Å². The van der Waals surface area contributed by atoms with Gasteiger partial charge in [0.2, 0.25) is 0 Å². The first-order chi connectivity index (χ1) is 13.7. The molecule has 2 fully saturated rings. The lowest BCUT2D eigenvalue weighted by Gasteiger charge is -2.37. The first kappa shape index (κ1) is 20.9. The van der Waals surface area contributed by atoms with Crippen LogP contribution in [0.25, 0.3) is 0 Å². The molecule has 1 amide bonds. The van der Waals surface area contributed by atoms with E-state index in [0.717, 1.165) is 51.9 Å². The second kappa shape index (κ2) is 10.1. The second-order valence-electron chi connectivity index (χ2n) is 7.81. The number of hydrogen-bond acceptors (Lipinski definition) is 5. The van der Waals surface area contributed by atoms with E-state index in [9.17, 15) is 4.79 Å². The largest absolute Gasteiger partial charge is 0.493 e. The average molecular weight is 391 g/mol. The van der Waals surface area contributed by atoms with Gasteiger partial charge in [-0.1, -0.05) is 12.8 Å². The Morgan fingerprint density at radius 3 is 2.39 bits per heavy atom. The van der Waals surface area contributed by atoms with Crippen molar-refractivity contribution in [2.75, 3.05) is 47.5 Å². The van der Waals surface area contributed by atoms with E-state index in [1.165, 1.54) is 12.8 Å². The van der Waals surface area contributed by atoms with Crippen LogP contribution in [0.3, 0.4) is 0 Å². The standard InChI is InChI=1S/C22H34N2O4/c1-26-19-10-13-23(14-11-19)16-18-7-5-4-6-12-24(18)22(25)17-8-9-20(27-2)21(15-17)28-3/h8-9,15,18-19H,4-7,10-14,16H2,1-3H3. The zero-order chi connectivity index (χ0) is 19.9.